The minimum Gasteiger partial charge on any atom is -0.475 e. The Hall–Kier alpha value is -1.69. The predicted molar refractivity (Wildman–Crippen MR) is 68.8 cm³/mol. The van der Waals surface area contributed by atoms with Crippen molar-refractivity contribution < 1.29 is 4.74 Å². The summed E-state index contributed by atoms with van der Waals surface area (Å²) in [5, 5.41) is 7.22. The van der Waals surface area contributed by atoms with Crippen LogP contribution in [0.5, 0.6) is 5.88 Å². The molecular formula is C12H19N5O. The van der Waals surface area contributed by atoms with E-state index in [9.17, 15) is 0 Å². The number of likely N-dealkylation sites (tertiary alicyclic amines) is 1. The number of rotatable bonds is 4. The minimum atomic E-state index is -0.0823. The molecule has 1 fully saturated rings. The Morgan fingerprint density at radius 2 is 2.33 bits per heavy atom. The molecule has 3 N–H and O–H groups in total. The van der Waals surface area contributed by atoms with Gasteiger partial charge >= 0.3 is 0 Å². The molecule has 1 unspecified atom stereocenters. The Bertz CT molecular complexity index is 405. The van der Waals surface area contributed by atoms with Crippen LogP contribution in [0.3, 0.4) is 0 Å². The Kier molecular flexibility index (Phi) is 4.09. The van der Waals surface area contributed by atoms with Crippen molar-refractivity contribution in [2.24, 2.45) is 5.73 Å². The van der Waals surface area contributed by atoms with Gasteiger partial charge in [-0.15, -0.1) is 0 Å². The molecule has 1 aliphatic rings. The summed E-state index contributed by atoms with van der Waals surface area (Å²) in [6.45, 7) is 1.76. The van der Waals surface area contributed by atoms with Gasteiger partial charge < -0.3 is 15.4 Å². The van der Waals surface area contributed by atoms with Crippen molar-refractivity contribution in [3.63, 3.8) is 0 Å². The molecule has 18 heavy (non-hydrogen) atoms. The topological polar surface area (TPSA) is 88.1 Å². The molecule has 1 atom stereocenters. The molecule has 6 nitrogen and oxygen atoms in total. The molecule has 0 radical (unpaired) electrons. The maximum atomic E-state index is 7.22. The lowest BCUT2D eigenvalue weighted by Crippen LogP contribution is -2.40. The molecule has 1 aliphatic heterocycles. The first kappa shape index (κ1) is 12.8. The van der Waals surface area contributed by atoms with Crippen LogP contribution in [0, 0.1) is 5.41 Å². The second kappa shape index (κ2) is 5.77. The summed E-state index contributed by atoms with van der Waals surface area (Å²) in [5.74, 6) is 0.403. The number of piperidine rings is 1. The molecule has 0 aromatic carbocycles. The van der Waals surface area contributed by atoms with Crippen molar-refractivity contribution in [1.29, 1.82) is 5.41 Å². The second-order valence-corrected chi connectivity index (χ2v) is 4.59. The first-order valence-electron chi connectivity index (χ1n) is 6.16. The molecule has 1 aromatic rings. The Balaban J connectivity index is 1.87. The molecule has 2 rings (SSSR count). The second-order valence-electron chi connectivity index (χ2n) is 4.59. The van der Waals surface area contributed by atoms with Crippen LogP contribution in [-0.4, -0.2) is 46.9 Å². The van der Waals surface area contributed by atoms with Gasteiger partial charge in [-0.05, 0) is 26.4 Å². The van der Waals surface area contributed by atoms with Gasteiger partial charge in [0.2, 0.25) is 5.88 Å². The van der Waals surface area contributed by atoms with Gasteiger partial charge in [-0.25, -0.2) is 9.97 Å². The van der Waals surface area contributed by atoms with Crippen LogP contribution in [0.25, 0.3) is 0 Å². The maximum Gasteiger partial charge on any atom is 0.232 e. The number of nitrogen functional groups attached to an aromatic ring is 1. The van der Waals surface area contributed by atoms with Gasteiger partial charge in [0, 0.05) is 6.04 Å². The van der Waals surface area contributed by atoms with Crippen LogP contribution in [0.2, 0.25) is 0 Å². The molecule has 2 heterocycles. The highest BCUT2D eigenvalue weighted by atomic mass is 16.5. The van der Waals surface area contributed by atoms with E-state index < -0.39 is 0 Å². The van der Waals surface area contributed by atoms with Gasteiger partial charge in [-0.3, -0.25) is 5.41 Å². The van der Waals surface area contributed by atoms with Crippen molar-refractivity contribution in [3.05, 3.63) is 18.1 Å². The number of nitrogens with two attached hydrogens (primary N) is 1. The fourth-order valence-electron chi connectivity index (χ4n) is 2.07. The summed E-state index contributed by atoms with van der Waals surface area (Å²) in [7, 11) is 2.12. The van der Waals surface area contributed by atoms with Crippen LogP contribution in [0.1, 0.15) is 25.0 Å². The first-order chi connectivity index (χ1) is 8.66. The van der Waals surface area contributed by atoms with E-state index in [1.165, 1.54) is 25.2 Å². The summed E-state index contributed by atoms with van der Waals surface area (Å²) in [6, 6.07) is 0.452. The third kappa shape index (κ3) is 3.16. The van der Waals surface area contributed by atoms with Gasteiger partial charge in [-0.2, -0.15) is 0 Å². The van der Waals surface area contributed by atoms with Gasteiger partial charge in [0.1, 0.15) is 18.1 Å². The largest absolute Gasteiger partial charge is 0.475 e. The highest BCUT2D eigenvalue weighted by Gasteiger charge is 2.19. The normalized spacial score (nSPS) is 20.6. The van der Waals surface area contributed by atoms with Crippen molar-refractivity contribution in [2.45, 2.75) is 25.3 Å². The average molecular weight is 249 g/mol. The smallest absolute Gasteiger partial charge is 0.232 e. The van der Waals surface area contributed by atoms with Crippen molar-refractivity contribution in [1.82, 2.24) is 14.9 Å². The SMILES string of the molecule is CN1CCCCC1COc1cnc(C(=N)N)cn1. The van der Waals surface area contributed by atoms with Crippen molar-refractivity contribution in [2.75, 3.05) is 20.2 Å². The zero-order valence-corrected chi connectivity index (χ0v) is 10.6. The third-order valence-electron chi connectivity index (χ3n) is 3.25. The average Bonchev–Trinajstić information content (AvgIpc) is 2.38. The number of ether oxygens (including phenoxy) is 1. The van der Waals surface area contributed by atoms with Crippen LogP contribution in [0.4, 0.5) is 0 Å². The highest BCUT2D eigenvalue weighted by molar-refractivity contribution is 5.92. The minimum absolute atomic E-state index is 0.0823. The highest BCUT2D eigenvalue weighted by Crippen LogP contribution is 2.16. The summed E-state index contributed by atoms with van der Waals surface area (Å²) in [5.41, 5.74) is 5.68. The Morgan fingerprint density at radius 1 is 1.50 bits per heavy atom. The van der Waals surface area contributed by atoms with Gasteiger partial charge in [0.05, 0.1) is 12.4 Å². The molecule has 0 aliphatic carbocycles. The zero-order valence-electron chi connectivity index (χ0n) is 10.6. The summed E-state index contributed by atoms with van der Waals surface area (Å²) >= 11 is 0. The summed E-state index contributed by atoms with van der Waals surface area (Å²) in [4.78, 5) is 10.4. The molecule has 98 valence electrons. The molecule has 0 spiro atoms. The van der Waals surface area contributed by atoms with Crippen molar-refractivity contribution in [3.8, 4) is 5.88 Å². The van der Waals surface area contributed by atoms with E-state index in [0.29, 0.717) is 24.2 Å². The van der Waals surface area contributed by atoms with E-state index in [1.54, 1.807) is 0 Å². The van der Waals surface area contributed by atoms with E-state index in [1.807, 2.05) is 0 Å². The number of hydrogen-bond acceptors (Lipinski definition) is 5. The number of amidine groups is 1. The molecule has 0 bridgehead atoms. The maximum absolute atomic E-state index is 7.22. The summed E-state index contributed by atoms with van der Waals surface area (Å²) in [6.07, 6.45) is 6.66. The van der Waals surface area contributed by atoms with E-state index in [2.05, 4.69) is 21.9 Å². The van der Waals surface area contributed by atoms with Crippen LogP contribution < -0.4 is 10.5 Å². The Labute approximate surface area is 107 Å². The quantitative estimate of drug-likeness (QED) is 0.603. The third-order valence-corrected chi connectivity index (χ3v) is 3.25. The number of likely N-dealkylation sites (N-methyl/N-ethyl adjacent to an activating group) is 1. The predicted octanol–water partition coefficient (Wildman–Crippen LogP) is 0.624. The fourth-order valence-corrected chi connectivity index (χ4v) is 2.07. The lowest BCUT2D eigenvalue weighted by atomic mass is 10.0. The van der Waals surface area contributed by atoms with Crippen molar-refractivity contribution >= 4 is 5.84 Å². The van der Waals surface area contributed by atoms with Gasteiger partial charge in [-0.1, -0.05) is 6.42 Å². The lowest BCUT2D eigenvalue weighted by Gasteiger charge is -2.31. The summed E-state index contributed by atoms with van der Waals surface area (Å²) < 4.78 is 5.62. The number of nitrogens with one attached hydrogen (secondary N) is 1. The van der Waals surface area contributed by atoms with E-state index in [4.69, 9.17) is 15.9 Å². The fraction of sp³-hybridized carbons (Fsp3) is 0.583. The van der Waals surface area contributed by atoms with E-state index in [0.717, 1.165) is 13.0 Å². The number of nitrogens with zero attached hydrogens (tertiary/aromatic N) is 3. The molecule has 6 heteroatoms. The monoisotopic (exact) mass is 249 g/mol. The molecule has 0 saturated carbocycles. The molecule has 1 saturated heterocycles. The standard InChI is InChI=1S/C12H19N5O/c1-17-5-3-2-4-9(17)8-18-11-7-15-10(6-16-11)12(13)14/h6-7,9H,2-5,8H2,1H3,(H3,13,14). The first-order valence-corrected chi connectivity index (χ1v) is 6.16. The zero-order chi connectivity index (χ0) is 13.0. The van der Waals surface area contributed by atoms with Crippen LogP contribution >= 0.6 is 0 Å². The van der Waals surface area contributed by atoms with Crippen LogP contribution in [0.15, 0.2) is 12.4 Å². The molecule has 0 amide bonds. The van der Waals surface area contributed by atoms with E-state index in [-0.39, 0.29) is 5.84 Å². The van der Waals surface area contributed by atoms with Gasteiger partial charge in [0.15, 0.2) is 0 Å². The number of aromatic nitrogens is 2. The van der Waals surface area contributed by atoms with E-state index >= 15 is 0 Å². The van der Waals surface area contributed by atoms with Gasteiger partial charge in [0.25, 0.3) is 0 Å². The molecule has 1 aromatic heterocycles. The lowest BCUT2D eigenvalue weighted by molar-refractivity contribution is 0.122. The number of hydrogen-bond donors (Lipinski definition) is 2. The molecular weight excluding hydrogens is 230 g/mol. The van der Waals surface area contributed by atoms with Crippen LogP contribution in [-0.2, 0) is 0 Å². The Morgan fingerprint density at radius 3 is 2.94 bits per heavy atom.